The highest BCUT2D eigenvalue weighted by Gasteiger charge is 2.64. The Balaban J connectivity index is 1.23. The summed E-state index contributed by atoms with van der Waals surface area (Å²) in [6.45, 7) is 14.9. The van der Waals surface area contributed by atoms with Crippen LogP contribution in [0.4, 0.5) is 13.2 Å². The lowest BCUT2D eigenvalue weighted by molar-refractivity contribution is -0.186. The molecule has 7 rings (SSSR count). The molecule has 2 saturated carbocycles. The van der Waals surface area contributed by atoms with Crippen LogP contribution in [0, 0.1) is 30.1 Å². The Hall–Kier alpha value is -4.62. The van der Waals surface area contributed by atoms with Crippen LogP contribution in [0.2, 0.25) is 0 Å². The lowest BCUT2D eigenvalue weighted by Gasteiger charge is -2.37. The fourth-order valence-electron chi connectivity index (χ4n) is 8.94. The van der Waals surface area contributed by atoms with Crippen molar-refractivity contribution in [1.29, 1.82) is 0 Å². The number of amides is 4. The highest BCUT2D eigenvalue weighted by atomic mass is 32.2. The van der Waals surface area contributed by atoms with Crippen LogP contribution in [-0.4, -0.2) is 113 Å². The maximum Gasteiger partial charge on any atom is 0.391 e. The Morgan fingerprint density at radius 2 is 1.80 bits per heavy atom. The molecule has 2 aliphatic carbocycles. The second-order valence-electron chi connectivity index (χ2n) is 18.9. The summed E-state index contributed by atoms with van der Waals surface area (Å²) in [6.07, 6.45) is -3.23. The number of likely N-dealkylation sites (tertiary alicyclic amines) is 2. The minimum atomic E-state index is -4.36. The predicted octanol–water partition coefficient (Wildman–Crippen LogP) is 7.19. The van der Waals surface area contributed by atoms with Gasteiger partial charge in [-0.25, -0.2) is 18.5 Å². The quantitative estimate of drug-likeness (QED) is 0.125. The molecule has 0 spiro atoms. The number of carbonyl (C=O) groups is 4. The lowest BCUT2D eigenvalue weighted by Crippen LogP contribution is -2.57. The Bertz CT molecular complexity index is 2340. The van der Waals surface area contributed by atoms with Crippen LogP contribution in [-0.2, 0) is 30.4 Å². The van der Waals surface area contributed by atoms with Crippen molar-refractivity contribution >= 4 is 57.1 Å². The van der Waals surface area contributed by atoms with Crippen molar-refractivity contribution in [2.45, 2.75) is 122 Å². The van der Waals surface area contributed by atoms with Crippen LogP contribution in [0.5, 0.6) is 11.5 Å². The van der Waals surface area contributed by atoms with Gasteiger partial charge >= 0.3 is 6.18 Å². The maximum atomic E-state index is 15.0. The molecule has 348 valence electrons. The minimum absolute atomic E-state index is 0.0301. The summed E-state index contributed by atoms with van der Waals surface area (Å²) >= 11 is -1.20. The number of hydrogen-bond donors (Lipinski definition) is 2. The van der Waals surface area contributed by atoms with Gasteiger partial charge in [-0.15, -0.1) is 17.9 Å². The van der Waals surface area contributed by atoms with Crippen LogP contribution in [0.25, 0.3) is 21.6 Å². The first-order chi connectivity index (χ1) is 30.1. The van der Waals surface area contributed by atoms with E-state index in [1.165, 1.54) is 27.2 Å². The topological polar surface area (TPSA) is 172 Å². The lowest BCUT2D eigenvalue weighted by atomic mass is 9.77. The third kappa shape index (κ3) is 9.52. The number of pyridine rings is 1. The molecule has 3 unspecified atom stereocenters. The van der Waals surface area contributed by atoms with E-state index in [0.29, 0.717) is 45.9 Å². The van der Waals surface area contributed by atoms with Gasteiger partial charge in [0.05, 0.1) is 36.7 Å². The van der Waals surface area contributed by atoms with Gasteiger partial charge < -0.3 is 24.6 Å². The van der Waals surface area contributed by atoms with E-state index in [1.807, 2.05) is 32.2 Å². The number of hydrogen-bond acceptors (Lipinski definition) is 10. The first kappa shape index (κ1) is 47.3. The van der Waals surface area contributed by atoms with Crippen LogP contribution in [0.3, 0.4) is 0 Å². The largest absolute Gasteiger partial charge is 0.496 e. The number of piperidine rings is 1. The molecular formula is C45H57F3N6O8S2. The zero-order chi connectivity index (χ0) is 46.6. The number of alkyl halides is 3. The van der Waals surface area contributed by atoms with E-state index in [9.17, 15) is 36.3 Å². The van der Waals surface area contributed by atoms with E-state index in [1.54, 1.807) is 40.0 Å². The molecule has 64 heavy (non-hydrogen) atoms. The Labute approximate surface area is 377 Å². The minimum Gasteiger partial charge on any atom is -0.496 e. The van der Waals surface area contributed by atoms with Crippen molar-refractivity contribution < 1.29 is 50.6 Å². The van der Waals surface area contributed by atoms with Crippen molar-refractivity contribution in [3.8, 4) is 22.2 Å². The molecule has 14 nitrogen and oxygen atoms in total. The summed E-state index contributed by atoms with van der Waals surface area (Å²) in [5.74, 6) is -4.24. The van der Waals surface area contributed by atoms with Crippen molar-refractivity contribution in [1.82, 2.24) is 29.4 Å². The molecule has 4 fully saturated rings. The summed E-state index contributed by atoms with van der Waals surface area (Å²) in [6, 6.07) is 3.74. The molecule has 0 bridgehead atoms. The summed E-state index contributed by atoms with van der Waals surface area (Å²) < 4.78 is 76.4. The zero-order valence-corrected chi connectivity index (χ0v) is 38.8. The second-order valence-corrected chi connectivity index (χ2v) is 20.6. The van der Waals surface area contributed by atoms with Crippen LogP contribution in [0.15, 0.2) is 36.2 Å². The van der Waals surface area contributed by atoms with E-state index in [4.69, 9.17) is 19.4 Å². The van der Waals surface area contributed by atoms with Gasteiger partial charge in [-0.3, -0.25) is 23.7 Å². The number of benzene rings is 1. The second kappa shape index (κ2) is 18.0. The van der Waals surface area contributed by atoms with Crippen LogP contribution < -0.4 is 14.8 Å². The molecule has 3 aromatic rings. The molecule has 4 aliphatic rings. The third-order valence-corrected chi connectivity index (χ3v) is 14.8. The molecule has 2 aliphatic heterocycles. The predicted molar refractivity (Wildman–Crippen MR) is 236 cm³/mol. The first-order valence-corrected chi connectivity index (χ1v) is 23.7. The monoisotopic (exact) mass is 930 g/mol. The van der Waals surface area contributed by atoms with E-state index >= 15 is 4.79 Å². The number of ether oxygens (including phenoxy) is 2. The van der Waals surface area contributed by atoms with Crippen molar-refractivity contribution in [2.75, 3.05) is 26.7 Å². The highest BCUT2D eigenvalue weighted by molar-refractivity contribution is 7.77. The van der Waals surface area contributed by atoms with Crippen molar-refractivity contribution in [3.63, 3.8) is 0 Å². The summed E-state index contributed by atoms with van der Waals surface area (Å²) in [5.41, 5.74) is 0.403. The molecule has 4 heterocycles. The third-order valence-electron chi connectivity index (χ3n) is 13.1. The molecule has 4 amide bonds. The number of thiazole rings is 1. The molecule has 0 radical (unpaired) electrons. The number of fused-ring (bicyclic) bond motifs is 1. The highest BCUT2D eigenvalue weighted by Crippen LogP contribution is 2.48. The van der Waals surface area contributed by atoms with E-state index in [-0.39, 0.29) is 57.7 Å². The van der Waals surface area contributed by atoms with E-state index in [0.717, 1.165) is 15.6 Å². The molecule has 2 saturated heterocycles. The van der Waals surface area contributed by atoms with Crippen molar-refractivity contribution in [3.05, 3.63) is 47.5 Å². The molecular weight excluding hydrogens is 874 g/mol. The number of carbonyl (C=O) groups excluding carboxylic acids is 4. The average Bonchev–Trinajstić information content (AvgIpc) is 4.09. The van der Waals surface area contributed by atoms with Crippen LogP contribution in [0.1, 0.15) is 96.7 Å². The van der Waals surface area contributed by atoms with Gasteiger partial charge in [0.2, 0.25) is 17.7 Å². The standard InChI is InChI=1S/C45H57F3N6O8S2/c1-9-26-21-44(26,42(58)54(64(59)60)28-10-11-28)51-39(56)34-18-29(22-53(34)41(57)31(43(5,6)7)19-37(55)52-16-14-27(15-17-52)45(46,47)48)62-36-20-32(40-50-33(23-63-40)24(2)3)49-38-25(4)35(61-8)13-12-30(36)38/h9,12-13,20,23-24,26-29,31,34H,1,10-11,14-19,21-22H2,2-8H3,(H,51,56)(H,59,60)/t26?,29-,31-,34+,44?/m1/s1. The van der Waals surface area contributed by atoms with Gasteiger partial charge in [0.15, 0.2) is 0 Å². The number of nitrogens with zero attached hydrogens (tertiary/aromatic N) is 5. The summed E-state index contributed by atoms with van der Waals surface area (Å²) in [7, 11) is 1.57. The van der Waals surface area contributed by atoms with Gasteiger partial charge in [-0.1, -0.05) is 40.7 Å². The summed E-state index contributed by atoms with van der Waals surface area (Å²) in [5, 5.41) is 6.17. The van der Waals surface area contributed by atoms with Gasteiger partial charge in [0, 0.05) is 60.3 Å². The van der Waals surface area contributed by atoms with Crippen molar-refractivity contribution in [2.24, 2.45) is 23.2 Å². The van der Waals surface area contributed by atoms with Gasteiger partial charge in [0.25, 0.3) is 17.2 Å². The molecule has 19 heteroatoms. The fourth-order valence-corrected chi connectivity index (χ4v) is 10.7. The van der Waals surface area contributed by atoms with Gasteiger partial charge in [0.1, 0.15) is 39.9 Å². The SMILES string of the molecule is C=CC1CC1(NC(=O)[C@@H]1C[C@@H](Oc2cc(-c3nc(C(C)C)cs3)nc3c(C)c(OC)ccc23)CN1C(=O)[C@@H](CC(=O)N1CCC(C(F)(F)F)CC1)C(C)(C)C)C(=O)N(C1CC1)S(=O)O. The van der Waals surface area contributed by atoms with Gasteiger partial charge in [-0.2, -0.15) is 13.2 Å². The van der Waals surface area contributed by atoms with Gasteiger partial charge in [-0.05, 0) is 62.5 Å². The molecule has 1 aromatic carbocycles. The van der Waals surface area contributed by atoms with E-state index in [2.05, 4.69) is 11.9 Å². The van der Waals surface area contributed by atoms with E-state index < -0.39 is 88.0 Å². The normalized spacial score (nSPS) is 23.8. The zero-order valence-electron chi connectivity index (χ0n) is 37.2. The number of nitrogens with one attached hydrogen (secondary N) is 1. The summed E-state index contributed by atoms with van der Waals surface area (Å²) in [4.78, 5) is 70.2. The number of aryl methyl sites for hydroxylation is 1. The smallest absolute Gasteiger partial charge is 0.391 e. The molecule has 2 aromatic heterocycles. The number of aromatic nitrogens is 2. The number of halogens is 3. The Morgan fingerprint density at radius 3 is 2.34 bits per heavy atom. The number of rotatable bonds is 14. The van der Waals surface area contributed by atoms with Crippen LogP contribution >= 0.6 is 11.3 Å². The Kier molecular flexibility index (Phi) is 13.3. The number of methoxy groups -OCH3 is 1. The molecule has 6 atom stereocenters. The average molecular weight is 931 g/mol. The maximum absolute atomic E-state index is 15.0. The fraction of sp³-hybridized carbons (Fsp3) is 0.600. The Morgan fingerprint density at radius 1 is 1.11 bits per heavy atom. The first-order valence-electron chi connectivity index (χ1n) is 21.7. The molecule has 2 N–H and O–H groups in total.